The van der Waals surface area contributed by atoms with Gasteiger partial charge in [-0.1, -0.05) is 42.5 Å². The molecule has 1 fully saturated rings. The summed E-state index contributed by atoms with van der Waals surface area (Å²) in [7, 11) is 4.07. The molecule has 1 N–H and O–H groups in total. The Labute approximate surface area is 220 Å². The Bertz CT molecular complexity index is 1040. The third kappa shape index (κ3) is 6.94. The monoisotopic (exact) mass is 573 g/mol. The molecule has 0 unspecified atom stereocenters. The van der Waals surface area contributed by atoms with Crippen LogP contribution in [0.2, 0.25) is 0 Å². The van der Waals surface area contributed by atoms with Gasteiger partial charge in [0, 0.05) is 39.4 Å². The van der Waals surface area contributed by atoms with Crippen molar-refractivity contribution in [2.24, 2.45) is 12.0 Å². The zero-order chi connectivity index (χ0) is 23.0. The van der Waals surface area contributed by atoms with Crippen LogP contribution in [0.15, 0.2) is 59.6 Å². The molecule has 0 radical (unpaired) electrons. The van der Waals surface area contributed by atoms with Gasteiger partial charge in [0.05, 0.1) is 13.1 Å². The fourth-order valence-corrected chi connectivity index (χ4v) is 4.14. The van der Waals surface area contributed by atoms with Gasteiger partial charge in [-0.25, -0.2) is 4.99 Å². The zero-order valence-corrected chi connectivity index (χ0v) is 22.8. The first kappa shape index (κ1) is 26.0. The first-order chi connectivity index (χ1) is 16.1. The first-order valence-electron chi connectivity index (χ1n) is 11.8. The molecule has 1 saturated heterocycles. The fourth-order valence-electron chi connectivity index (χ4n) is 4.14. The van der Waals surface area contributed by atoms with E-state index >= 15 is 0 Å². The number of nitrogens with zero attached hydrogens (tertiary/aromatic N) is 6. The Morgan fingerprint density at radius 3 is 2.32 bits per heavy atom. The molecule has 2 heterocycles. The van der Waals surface area contributed by atoms with Gasteiger partial charge in [0.15, 0.2) is 11.8 Å². The van der Waals surface area contributed by atoms with Crippen molar-refractivity contribution in [3.8, 4) is 0 Å². The molecule has 4 rings (SSSR count). The molecule has 0 aliphatic carbocycles. The van der Waals surface area contributed by atoms with Crippen LogP contribution in [0, 0.1) is 6.92 Å². The summed E-state index contributed by atoms with van der Waals surface area (Å²) in [5.41, 5.74) is 3.78. The van der Waals surface area contributed by atoms with Gasteiger partial charge in [0.2, 0.25) is 0 Å². The van der Waals surface area contributed by atoms with E-state index in [9.17, 15) is 0 Å². The number of aromatic nitrogens is 3. The number of benzene rings is 2. The van der Waals surface area contributed by atoms with Crippen molar-refractivity contribution in [3.63, 3.8) is 0 Å². The molecule has 0 bridgehead atoms. The molecule has 2 aromatic carbocycles. The third-order valence-corrected chi connectivity index (χ3v) is 6.28. The summed E-state index contributed by atoms with van der Waals surface area (Å²) in [6.07, 6.45) is 3.94. The largest absolute Gasteiger partial charge is 0.372 e. The second-order valence-electron chi connectivity index (χ2n) is 8.77. The van der Waals surface area contributed by atoms with Crippen molar-refractivity contribution in [3.05, 3.63) is 77.4 Å². The van der Waals surface area contributed by atoms with Crippen molar-refractivity contribution < 1.29 is 0 Å². The van der Waals surface area contributed by atoms with Crippen molar-refractivity contribution >= 4 is 35.6 Å². The number of rotatable bonds is 7. The second-order valence-corrected chi connectivity index (χ2v) is 8.77. The Hall–Kier alpha value is -2.62. The lowest BCUT2D eigenvalue weighted by atomic mass is 10.1. The van der Waals surface area contributed by atoms with Crippen LogP contribution in [0.1, 0.15) is 42.0 Å². The van der Waals surface area contributed by atoms with E-state index in [2.05, 4.69) is 68.8 Å². The Morgan fingerprint density at radius 1 is 0.971 bits per heavy atom. The minimum atomic E-state index is 0. The maximum atomic E-state index is 4.90. The summed E-state index contributed by atoms with van der Waals surface area (Å²) in [5, 5.41) is 11.9. The average molecular weight is 574 g/mol. The van der Waals surface area contributed by atoms with E-state index in [-0.39, 0.29) is 24.0 Å². The topological polar surface area (TPSA) is 61.6 Å². The zero-order valence-electron chi connectivity index (χ0n) is 20.4. The number of aryl methyl sites for hydroxylation is 1. The highest BCUT2D eigenvalue weighted by Gasteiger charge is 2.13. The first-order valence-corrected chi connectivity index (χ1v) is 11.8. The molecule has 1 aliphatic heterocycles. The maximum absolute atomic E-state index is 4.90. The predicted molar refractivity (Wildman–Crippen MR) is 150 cm³/mol. The Kier molecular flexibility index (Phi) is 9.74. The van der Waals surface area contributed by atoms with E-state index < -0.39 is 0 Å². The van der Waals surface area contributed by atoms with E-state index in [0.717, 1.165) is 24.2 Å². The third-order valence-electron chi connectivity index (χ3n) is 6.28. The van der Waals surface area contributed by atoms with Gasteiger partial charge in [-0.15, -0.1) is 34.2 Å². The van der Waals surface area contributed by atoms with Crippen LogP contribution in [0.5, 0.6) is 0 Å². The molecule has 0 atom stereocenters. The summed E-state index contributed by atoms with van der Waals surface area (Å²) >= 11 is 0. The summed E-state index contributed by atoms with van der Waals surface area (Å²) in [6, 6.07) is 19.3. The van der Waals surface area contributed by atoms with Gasteiger partial charge in [-0.05, 0) is 49.4 Å². The van der Waals surface area contributed by atoms with E-state index in [0.29, 0.717) is 13.1 Å². The normalized spacial score (nSPS) is 14.0. The molecule has 34 heavy (non-hydrogen) atoms. The lowest BCUT2D eigenvalue weighted by Crippen LogP contribution is -2.38. The van der Waals surface area contributed by atoms with Crippen molar-refractivity contribution in [2.75, 3.05) is 25.0 Å². The highest BCUT2D eigenvalue weighted by atomic mass is 127. The number of aliphatic imine (C=N–C) groups is 1. The summed E-state index contributed by atoms with van der Waals surface area (Å²) in [5.74, 6) is 2.63. The number of guanidine groups is 1. The van der Waals surface area contributed by atoms with Crippen molar-refractivity contribution in [2.45, 2.75) is 45.8 Å². The lowest BCUT2D eigenvalue weighted by molar-refractivity contribution is 0.472. The predicted octanol–water partition coefficient (Wildman–Crippen LogP) is 4.51. The van der Waals surface area contributed by atoms with Crippen LogP contribution in [-0.4, -0.2) is 45.8 Å². The van der Waals surface area contributed by atoms with E-state index in [1.54, 1.807) is 0 Å². The van der Waals surface area contributed by atoms with Crippen molar-refractivity contribution in [1.29, 1.82) is 0 Å². The molecule has 0 saturated carbocycles. The number of nitrogens with one attached hydrogen (secondary N) is 1. The number of halogens is 1. The van der Waals surface area contributed by atoms with Crippen LogP contribution in [-0.2, 0) is 26.7 Å². The molecule has 0 spiro atoms. The van der Waals surface area contributed by atoms with E-state index in [4.69, 9.17) is 4.99 Å². The number of hydrogen-bond acceptors (Lipinski definition) is 4. The molecule has 0 amide bonds. The van der Waals surface area contributed by atoms with Crippen LogP contribution in [0.25, 0.3) is 0 Å². The summed E-state index contributed by atoms with van der Waals surface area (Å²) in [4.78, 5) is 9.56. The molecular formula is C26H36IN7. The molecule has 3 aromatic rings. The van der Waals surface area contributed by atoms with Gasteiger partial charge in [-0.2, -0.15) is 0 Å². The molecule has 7 nitrogen and oxygen atoms in total. The number of piperidine rings is 1. The van der Waals surface area contributed by atoms with Gasteiger partial charge >= 0.3 is 0 Å². The van der Waals surface area contributed by atoms with Gasteiger partial charge in [0.25, 0.3) is 0 Å². The SMILES string of the molecule is Cc1nnc(CNC(=NCc2ccccc2)N(C)Cc2ccc(N3CCCCC3)cc2)n1C.I. The quantitative estimate of drug-likeness (QED) is 0.256. The molecule has 8 heteroatoms. The Balaban J connectivity index is 0.00000324. The minimum absolute atomic E-state index is 0. The number of hydrogen-bond donors (Lipinski definition) is 1. The smallest absolute Gasteiger partial charge is 0.194 e. The van der Waals surface area contributed by atoms with E-state index in [1.165, 1.54) is 49.2 Å². The molecule has 1 aromatic heterocycles. The highest BCUT2D eigenvalue weighted by Crippen LogP contribution is 2.20. The molecule has 1 aliphatic rings. The van der Waals surface area contributed by atoms with E-state index in [1.807, 2.05) is 36.7 Å². The highest BCUT2D eigenvalue weighted by molar-refractivity contribution is 14.0. The average Bonchev–Trinajstić information content (AvgIpc) is 3.18. The molecule has 182 valence electrons. The van der Waals surface area contributed by atoms with Gasteiger partial charge in [0.1, 0.15) is 5.82 Å². The minimum Gasteiger partial charge on any atom is -0.372 e. The lowest BCUT2D eigenvalue weighted by Gasteiger charge is -2.29. The van der Waals surface area contributed by atoms with Gasteiger partial charge in [-0.3, -0.25) is 0 Å². The van der Waals surface area contributed by atoms with Crippen LogP contribution < -0.4 is 10.2 Å². The molecular weight excluding hydrogens is 537 g/mol. The fraction of sp³-hybridized carbons (Fsp3) is 0.423. The standard InChI is InChI=1S/C26H35N7.HI/c1-21-29-30-25(32(21)3)19-28-26(27-18-22-10-6-4-7-11-22)31(2)20-23-12-14-24(15-13-23)33-16-8-5-9-17-33;/h4,6-7,10-15H,5,8-9,16-20H2,1-3H3,(H,27,28);1H. The van der Waals surface area contributed by atoms with Crippen LogP contribution in [0.4, 0.5) is 5.69 Å². The van der Waals surface area contributed by atoms with Gasteiger partial charge < -0.3 is 19.7 Å². The number of anilines is 1. The Morgan fingerprint density at radius 2 is 1.68 bits per heavy atom. The summed E-state index contributed by atoms with van der Waals surface area (Å²) in [6.45, 7) is 6.27. The van der Waals surface area contributed by atoms with Crippen molar-refractivity contribution in [1.82, 2.24) is 25.0 Å². The second kappa shape index (κ2) is 12.7. The summed E-state index contributed by atoms with van der Waals surface area (Å²) < 4.78 is 2.00. The maximum Gasteiger partial charge on any atom is 0.194 e. The van der Waals surface area contributed by atoms with Crippen LogP contribution >= 0.6 is 24.0 Å². The van der Waals surface area contributed by atoms with Crippen LogP contribution in [0.3, 0.4) is 0 Å².